The van der Waals surface area contributed by atoms with Gasteiger partial charge >= 0.3 is 5.97 Å². The number of aromatic carboxylic acids is 1. The molecule has 0 saturated carbocycles. The van der Waals surface area contributed by atoms with Crippen LogP contribution >= 0.6 is 11.6 Å². The first kappa shape index (κ1) is 17.6. The number of ether oxygens (including phenoxy) is 2. The van der Waals surface area contributed by atoms with Crippen molar-refractivity contribution < 1.29 is 19.4 Å². The quantitative estimate of drug-likeness (QED) is 0.503. The minimum absolute atomic E-state index is 0.214. The Morgan fingerprint density at radius 3 is 2.59 bits per heavy atom. The van der Waals surface area contributed by atoms with Crippen LogP contribution in [0.1, 0.15) is 21.5 Å². The molecule has 0 atom stereocenters. The van der Waals surface area contributed by atoms with Crippen molar-refractivity contribution in [2.75, 3.05) is 6.79 Å². The third-order valence-electron chi connectivity index (χ3n) is 4.89. The molecule has 0 unspecified atom stereocenters. The second-order valence-electron chi connectivity index (χ2n) is 6.79. The summed E-state index contributed by atoms with van der Waals surface area (Å²) in [5, 5.41) is 9.77. The summed E-state index contributed by atoms with van der Waals surface area (Å²) >= 11 is 6.37. The van der Waals surface area contributed by atoms with Crippen LogP contribution in [0.25, 0.3) is 22.4 Å². The Bertz CT molecular complexity index is 1250. The first-order valence-corrected chi connectivity index (χ1v) is 9.35. The standard InChI is InChI=1S/C22H15ClN2O4/c23-16-10-20-19(28-11-29-20)9-15(16)7-12-1-3-13(4-2-12)21-24-17-6-5-14(22(26)27)8-18(17)25-21/h1-6,8-10H,7,11H2,(H,24,25)(H,26,27). The molecule has 29 heavy (non-hydrogen) atoms. The van der Waals surface area contributed by atoms with Gasteiger partial charge in [0.05, 0.1) is 16.6 Å². The van der Waals surface area contributed by atoms with Gasteiger partial charge in [0.1, 0.15) is 5.82 Å². The number of aromatic nitrogens is 2. The second kappa shape index (κ2) is 6.83. The highest BCUT2D eigenvalue weighted by atomic mass is 35.5. The van der Waals surface area contributed by atoms with E-state index in [1.54, 1.807) is 24.3 Å². The molecule has 0 saturated heterocycles. The van der Waals surface area contributed by atoms with Gasteiger partial charge in [0.15, 0.2) is 11.5 Å². The fourth-order valence-electron chi connectivity index (χ4n) is 3.37. The fourth-order valence-corrected chi connectivity index (χ4v) is 3.59. The van der Waals surface area contributed by atoms with E-state index in [0.29, 0.717) is 34.3 Å². The number of hydrogen-bond acceptors (Lipinski definition) is 4. The molecule has 0 bridgehead atoms. The lowest BCUT2D eigenvalue weighted by molar-refractivity contribution is 0.0697. The van der Waals surface area contributed by atoms with Crippen LogP contribution in [0.2, 0.25) is 5.02 Å². The number of fused-ring (bicyclic) bond motifs is 2. The van der Waals surface area contributed by atoms with E-state index >= 15 is 0 Å². The van der Waals surface area contributed by atoms with Crippen LogP contribution in [0.3, 0.4) is 0 Å². The van der Waals surface area contributed by atoms with Crippen molar-refractivity contribution in [1.29, 1.82) is 0 Å². The van der Waals surface area contributed by atoms with Gasteiger partial charge in [-0.05, 0) is 41.8 Å². The molecule has 144 valence electrons. The van der Waals surface area contributed by atoms with Gasteiger partial charge in [0.25, 0.3) is 0 Å². The van der Waals surface area contributed by atoms with E-state index in [0.717, 1.165) is 22.2 Å². The van der Waals surface area contributed by atoms with Crippen molar-refractivity contribution in [1.82, 2.24) is 9.97 Å². The summed E-state index contributed by atoms with van der Waals surface area (Å²) in [6.07, 6.45) is 0.665. The summed E-state index contributed by atoms with van der Waals surface area (Å²) in [5.74, 6) is 1.10. The number of carbonyl (C=O) groups is 1. The summed E-state index contributed by atoms with van der Waals surface area (Å²) in [4.78, 5) is 18.9. The molecule has 0 aliphatic carbocycles. The summed E-state index contributed by atoms with van der Waals surface area (Å²) in [5.41, 5.74) is 4.61. The lowest BCUT2D eigenvalue weighted by Gasteiger charge is -2.07. The van der Waals surface area contributed by atoms with Gasteiger partial charge in [-0.1, -0.05) is 35.9 Å². The maximum Gasteiger partial charge on any atom is 0.335 e. The van der Waals surface area contributed by atoms with Crippen LogP contribution in [-0.2, 0) is 6.42 Å². The zero-order valence-electron chi connectivity index (χ0n) is 15.1. The fraction of sp³-hybridized carbons (Fsp3) is 0.0909. The SMILES string of the molecule is O=C(O)c1ccc2[nH]c(-c3ccc(Cc4cc5c(cc4Cl)OCO5)cc3)nc2c1. The normalized spacial score (nSPS) is 12.4. The minimum Gasteiger partial charge on any atom is -0.478 e. The molecular weight excluding hydrogens is 392 g/mol. The second-order valence-corrected chi connectivity index (χ2v) is 7.20. The molecule has 5 rings (SSSR count). The Morgan fingerprint density at radius 2 is 1.83 bits per heavy atom. The lowest BCUT2D eigenvalue weighted by Crippen LogP contribution is -1.94. The van der Waals surface area contributed by atoms with E-state index in [2.05, 4.69) is 9.97 Å². The molecule has 2 N–H and O–H groups in total. The first-order valence-electron chi connectivity index (χ1n) is 8.97. The maximum atomic E-state index is 11.1. The van der Waals surface area contributed by atoms with Gasteiger partial charge in [0, 0.05) is 16.7 Å². The van der Waals surface area contributed by atoms with Gasteiger partial charge < -0.3 is 19.6 Å². The average molecular weight is 407 g/mol. The monoisotopic (exact) mass is 406 g/mol. The lowest BCUT2D eigenvalue weighted by atomic mass is 10.0. The van der Waals surface area contributed by atoms with E-state index in [9.17, 15) is 4.79 Å². The van der Waals surface area contributed by atoms with Crippen molar-refractivity contribution in [3.8, 4) is 22.9 Å². The first-order chi connectivity index (χ1) is 14.1. The third-order valence-corrected chi connectivity index (χ3v) is 5.25. The molecule has 1 aliphatic heterocycles. The van der Waals surface area contributed by atoms with E-state index in [-0.39, 0.29) is 12.4 Å². The van der Waals surface area contributed by atoms with Crippen LogP contribution < -0.4 is 9.47 Å². The maximum absolute atomic E-state index is 11.1. The molecule has 0 radical (unpaired) electrons. The number of H-pyrrole nitrogens is 1. The number of imidazole rings is 1. The summed E-state index contributed by atoms with van der Waals surface area (Å²) in [6.45, 7) is 0.218. The Labute approximate surface area is 170 Å². The van der Waals surface area contributed by atoms with Crippen molar-refractivity contribution in [3.05, 3.63) is 76.3 Å². The zero-order chi connectivity index (χ0) is 20.0. The van der Waals surface area contributed by atoms with Crippen molar-refractivity contribution >= 4 is 28.6 Å². The van der Waals surface area contributed by atoms with Crippen LogP contribution in [0.15, 0.2) is 54.6 Å². The Balaban J connectivity index is 1.40. The number of carboxylic acid groups (broad SMARTS) is 1. The number of rotatable bonds is 4. The molecule has 3 aromatic carbocycles. The number of nitrogens with zero attached hydrogens (tertiary/aromatic N) is 1. The van der Waals surface area contributed by atoms with Gasteiger partial charge in [-0.2, -0.15) is 0 Å². The van der Waals surface area contributed by atoms with E-state index < -0.39 is 5.97 Å². The van der Waals surface area contributed by atoms with Crippen LogP contribution in [0.5, 0.6) is 11.5 Å². The number of aromatic amines is 1. The molecule has 6 nitrogen and oxygen atoms in total. The molecule has 1 aliphatic rings. The molecule has 0 spiro atoms. The number of carboxylic acids is 1. The Hall–Kier alpha value is -3.51. The minimum atomic E-state index is -0.969. The molecule has 0 fully saturated rings. The van der Waals surface area contributed by atoms with Gasteiger partial charge in [-0.15, -0.1) is 0 Å². The van der Waals surface area contributed by atoms with Crippen molar-refractivity contribution in [3.63, 3.8) is 0 Å². The highest BCUT2D eigenvalue weighted by molar-refractivity contribution is 6.31. The Morgan fingerprint density at radius 1 is 1.07 bits per heavy atom. The smallest absolute Gasteiger partial charge is 0.335 e. The van der Waals surface area contributed by atoms with Crippen LogP contribution in [0, 0.1) is 0 Å². The molecule has 1 aromatic heterocycles. The predicted molar refractivity (Wildman–Crippen MR) is 109 cm³/mol. The highest BCUT2D eigenvalue weighted by Gasteiger charge is 2.17. The average Bonchev–Trinajstić information content (AvgIpc) is 3.34. The van der Waals surface area contributed by atoms with Gasteiger partial charge in [-0.3, -0.25) is 0 Å². The number of benzene rings is 3. The Kier molecular flexibility index (Phi) is 4.14. The van der Waals surface area contributed by atoms with E-state index in [4.69, 9.17) is 26.2 Å². The number of hydrogen-bond donors (Lipinski definition) is 2. The highest BCUT2D eigenvalue weighted by Crippen LogP contribution is 2.37. The third kappa shape index (κ3) is 3.28. The molecule has 7 heteroatoms. The molecule has 4 aromatic rings. The molecule has 0 amide bonds. The van der Waals surface area contributed by atoms with Crippen LogP contribution in [-0.4, -0.2) is 27.8 Å². The van der Waals surface area contributed by atoms with Crippen molar-refractivity contribution in [2.45, 2.75) is 6.42 Å². The van der Waals surface area contributed by atoms with E-state index in [1.165, 1.54) is 0 Å². The van der Waals surface area contributed by atoms with Crippen molar-refractivity contribution in [2.24, 2.45) is 0 Å². The number of halogens is 1. The zero-order valence-corrected chi connectivity index (χ0v) is 15.9. The van der Waals surface area contributed by atoms with Gasteiger partial charge in [-0.25, -0.2) is 9.78 Å². The summed E-state index contributed by atoms with van der Waals surface area (Å²) in [7, 11) is 0. The molecule has 2 heterocycles. The van der Waals surface area contributed by atoms with E-state index in [1.807, 2.05) is 30.3 Å². The largest absolute Gasteiger partial charge is 0.478 e. The molecular formula is C22H15ClN2O4. The summed E-state index contributed by atoms with van der Waals surface area (Å²) < 4.78 is 10.8. The predicted octanol–water partition coefficient (Wildman–Crippen LogP) is 4.90. The van der Waals surface area contributed by atoms with Crippen LogP contribution in [0.4, 0.5) is 0 Å². The number of nitrogens with one attached hydrogen (secondary N) is 1. The topological polar surface area (TPSA) is 84.4 Å². The van der Waals surface area contributed by atoms with Gasteiger partial charge in [0.2, 0.25) is 6.79 Å². The summed E-state index contributed by atoms with van der Waals surface area (Å²) in [6, 6.07) is 16.5.